The number of ether oxygens (including phenoxy) is 1. The van der Waals surface area contributed by atoms with Gasteiger partial charge in [-0.3, -0.25) is 0 Å². The van der Waals surface area contributed by atoms with Crippen LogP contribution in [0.25, 0.3) is 0 Å². The van der Waals surface area contributed by atoms with Crippen LogP contribution in [0.2, 0.25) is 0 Å². The summed E-state index contributed by atoms with van der Waals surface area (Å²) in [6.45, 7) is 12.5. The van der Waals surface area contributed by atoms with Gasteiger partial charge < -0.3 is 10.1 Å². The van der Waals surface area contributed by atoms with Crippen LogP contribution in [-0.2, 0) is 6.42 Å². The molecule has 2 nitrogen and oxygen atoms in total. The standard InChI is InChI=1S/C19H33NO/c1-7-13-20-18(19(3,4)5)10-8-9-16-14-15(2)11-12-17(16)21-6/h11-12,14,18,20H,7-10,13H2,1-6H3. The van der Waals surface area contributed by atoms with Gasteiger partial charge in [0, 0.05) is 6.04 Å². The number of aryl methyl sites for hydroxylation is 2. The van der Waals surface area contributed by atoms with Crippen LogP contribution in [0.15, 0.2) is 18.2 Å². The van der Waals surface area contributed by atoms with Crippen molar-refractivity contribution in [2.75, 3.05) is 13.7 Å². The minimum atomic E-state index is 0.311. The van der Waals surface area contributed by atoms with E-state index in [2.05, 4.69) is 58.1 Å². The molecule has 0 aromatic heterocycles. The molecular formula is C19H33NO. The number of hydrogen-bond donors (Lipinski definition) is 1. The number of rotatable bonds is 8. The molecule has 0 radical (unpaired) electrons. The van der Waals surface area contributed by atoms with Crippen LogP contribution in [0.3, 0.4) is 0 Å². The second-order valence-corrected chi connectivity index (χ2v) is 7.08. The molecule has 1 aromatic carbocycles. The summed E-state index contributed by atoms with van der Waals surface area (Å²) in [5.74, 6) is 1.02. The van der Waals surface area contributed by atoms with Gasteiger partial charge in [-0.05, 0) is 56.2 Å². The first kappa shape index (κ1) is 18.0. The van der Waals surface area contributed by atoms with Gasteiger partial charge in [0.15, 0.2) is 0 Å². The summed E-state index contributed by atoms with van der Waals surface area (Å²) in [6.07, 6.45) is 4.68. The maximum atomic E-state index is 5.47. The summed E-state index contributed by atoms with van der Waals surface area (Å²) in [4.78, 5) is 0. The van der Waals surface area contributed by atoms with Crippen molar-refractivity contribution in [3.63, 3.8) is 0 Å². The van der Waals surface area contributed by atoms with Crippen molar-refractivity contribution in [1.29, 1.82) is 0 Å². The molecule has 1 unspecified atom stereocenters. The van der Waals surface area contributed by atoms with Gasteiger partial charge in [-0.2, -0.15) is 0 Å². The van der Waals surface area contributed by atoms with E-state index in [0.29, 0.717) is 11.5 Å². The Morgan fingerprint density at radius 2 is 1.95 bits per heavy atom. The first-order chi connectivity index (χ1) is 9.88. The molecule has 1 rings (SSSR count). The molecule has 0 spiro atoms. The van der Waals surface area contributed by atoms with E-state index >= 15 is 0 Å². The Kier molecular flexibility index (Phi) is 7.24. The van der Waals surface area contributed by atoms with E-state index in [9.17, 15) is 0 Å². The summed E-state index contributed by atoms with van der Waals surface area (Å²) in [5, 5.41) is 3.70. The summed E-state index contributed by atoms with van der Waals surface area (Å²) in [7, 11) is 1.76. The van der Waals surface area contributed by atoms with Crippen LogP contribution in [0.1, 0.15) is 58.1 Å². The Balaban J connectivity index is 2.59. The van der Waals surface area contributed by atoms with E-state index in [-0.39, 0.29) is 0 Å². The third kappa shape index (κ3) is 6.09. The number of hydrogen-bond acceptors (Lipinski definition) is 2. The predicted octanol–water partition coefficient (Wildman–Crippen LogP) is 4.74. The predicted molar refractivity (Wildman–Crippen MR) is 92.2 cm³/mol. The highest BCUT2D eigenvalue weighted by molar-refractivity contribution is 5.36. The zero-order valence-corrected chi connectivity index (χ0v) is 14.8. The fourth-order valence-corrected chi connectivity index (χ4v) is 2.76. The van der Waals surface area contributed by atoms with Gasteiger partial charge in [0.2, 0.25) is 0 Å². The van der Waals surface area contributed by atoms with Crippen LogP contribution < -0.4 is 10.1 Å². The van der Waals surface area contributed by atoms with E-state index in [1.54, 1.807) is 7.11 Å². The minimum Gasteiger partial charge on any atom is -0.496 e. The molecule has 0 saturated heterocycles. The first-order valence-electron chi connectivity index (χ1n) is 8.25. The molecule has 0 fully saturated rings. The van der Waals surface area contributed by atoms with E-state index in [4.69, 9.17) is 4.74 Å². The summed E-state index contributed by atoms with van der Waals surface area (Å²) >= 11 is 0. The van der Waals surface area contributed by atoms with E-state index in [1.165, 1.54) is 30.4 Å². The van der Waals surface area contributed by atoms with Gasteiger partial charge >= 0.3 is 0 Å². The molecule has 0 aliphatic rings. The van der Waals surface area contributed by atoms with Crippen LogP contribution >= 0.6 is 0 Å². The lowest BCUT2D eigenvalue weighted by Gasteiger charge is -2.32. The average molecular weight is 291 g/mol. The highest BCUT2D eigenvalue weighted by atomic mass is 16.5. The summed E-state index contributed by atoms with van der Waals surface area (Å²) < 4.78 is 5.47. The maximum absolute atomic E-state index is 5.47. The van der Waals surface area contributed by atoms with Crippen molar-refractivity contribution in [2.24, 2.45) is 5.41 Å². The van der Waals surface area contributed by atoms with Crippen molar-refractivity contribution >= 4 is 0 Å². The highest BCUT2D eigenvalue weighted by Gasteiger charge is 2.23. The molecule has 120 valence electrons. The third-order valence-electron chi connectivity index (χ3n) is 4.06. The fraction of sp³-hybridized carbons (Fsp3) is 0.684. The average Bonchev–Trinajstić information content (AvgIpc) is 2.41. The smallest absolute Gasteiger partial charge is 0.122 e. The molecule has 0 amide bonds. The third-order valence-corrected chi connectivity index (χ3v) is 4.06. The Morgan fingerprint density at radius 3 is 2.52 bits per heavy atom. The Hall–Kier alpha value is -1.02. The quantitative estimate of drug-likeness (QED) is 0.747. The zero-order valence-electron chi connectivity index (χ0n) is 14.8. The van der Waals surface area contributed by atoms with E-state index in [1.807, 2.05) is 0 Å². The first-order valence-corrected chi connectivity index (χ1v) is 8.25. The largest absolute Gasteiger partial charge is 0.496 e. The lowest BCUT2D eigenvalue weighted by Crippen LogP contribution is -2.40. The molecular weight excluding hydrogens is 258 g/mol. The number of methoxy groups -OCH3 is 1. The molecule has 0 aliphatic heterocycles. The van der Waals surface area contributed by atoms with Crippen LogP contribution in [0, 0.1) is 12.3 Å². The Morgan fingerprint density at radius 1 is 1.24 bits per heavy atom. The second-order valence-electron chi connectivity index (χ2n) is 7.08. The molecule has 0 aliphatic carbocycles. The monoisotopic (exact) mass is 291 g/mol. The molecule has 0 heterocycles. The normalized spacial score (nSPS) is 13.2. The van der Waals surface area contributed by atoms with Crippen molar-refractivity contribution in [3.05, 3.63) is 29.3 Å². The molecule has 1 N–H and O–H groups in total. The topological polar surface area (TPSA) is 21.3 Å². The lowest BCUT2D eigenvalue weighted by molar-refractivity contribution is 0.251. The second kappa shape index (κ2) is 8.43. The summed E-state index contributed by atoms with van der Waals surface area (Å²) in [5.41, 5.74) is 2.95. The zero-order chi connectivity index (χ0) is 15.9. The molecule has 0 saturated carbocycles. The highest BCUT2D eigenvalue weighted by Crippen LogP contribution is 2.26. The minimum absolute atomic E-state index is 0.311. The maximum Gasteiger partial charge on any atom is 0.122 e. The fourth-order valence-electron chi connectivity index (χ4n) is 2.76. The van der Waals surface area contributed by atoms with Crippen molar-refractivity contribution in [1.82, 2.24) is 5.32 Å². The number of nitrogens with one attached hydrogen (secondary N) is 1. The lowest BCUT2D eigenvalue weighted by atomic mass is 9.83. The van der Waals surface area contributed by atoms with Gasteiger partial charge in [0.25, 0.3) is 0 Å². The molecule has 1 atom stereocenters. The van der Waals surface area contributed by atoms with Crippen molar-refractivity contribution in [2.45, 2.75) is 66.3 Å². The summed E-state index contributed by atoms with van der Waals surface area (Å²) in [6, 6.07) is 7.03. The van der Waals surface area contributed by atoms with Gasteiger partial charge in [-0.15, -0.1) is 0 Å². The Bertz CT molecular complexity index is 420. The van der Waals surface area contributed by atoms with Crippen LogP contribution in [0.4, 0.5) is 0 Å². The molecule has 0 bridgehead atoms. The van der Waals surface area contributed by atoms with Crippen LogP contribution in [0.5, 0.6) is 5.75 Å². The van der Waals surface area contributed by atoms with E-state index in [0.717, 1.165) is 18.7 Å². The van der Waals surface area contributed by atoms with Gasteiger partial charge in [-0.25, -0.2) is 0 Å². The SMILES string of the molecule is CCCNC(CCCc1cc(C)ccc1OC)C(C)(C)C. The molecule has 2 heteroatoms. The van der Waals surface area contributed by atoms with E-state index < -0.39 is 0 Å². The number of benzene rings is 1. The molecule has 1 aromatic rings. The van der Waals surface area contributed by atoms with Crippen LogP contribution in [-0.4, -0.2) is 19.7 Å². The molecule has 21 heavy (non-hydrogen) atoms. The van der Waals surface area contributed by atoms with Gasteiger partial charge in [0.1, 0.15) is 5.75 Å². The van der Waals surface area contributed by atoms with Gasteiger partial charge in [-0.1, -0.05) is 45.4 Å². The Labute approximate surface area is 131 Å². The van der Waals surface area contributed by atoms with Gasteiger partial charge in [0.05, 0.1) is 7.11 Å². The van der Waals surface area contributed by atoms with Crippen molar-refractivity contribution < 1.29 is 4.74 Å². The van der Waals surface area contributed by atoms with Crippen molar-refractivity contribution in [3.8, 4) is 5.75 Å².